The highest BCUT2D eigenvalue weighted by atomic mass is 35.5. The minimum absolute atomic E-state index is 0.0242. The fraction of sp³-hybridized carbons (Fsp3) is 0. The maximum atomic E-state index is 11.9. The van der Waals surface area contributed by atoms with E-state index in [9.17, 15) is 14.9 Å². The minimum Gasteiger partial charge on any atom is -0.403 e. The normalized spacial score (nSPS) is 15.5. The van der Waals surface area contributed by atoms with E-state index in [2.05, 4.69) is 4.99 Å². The van der Waals surface area contributed by atoms with Crippen molar-refractivity contribution >= 4 is 41.3 Å². The smallest absolute Gasteiger partial charge is 0.363 e. The number of nitro groups is 1. The molecule has 6 nitrogen and oxygen atoms in total. The van der Waals surface area contributed by atoms with Crippen LogP contribution in [0.2, 0.25) is 5.02 Å². The molecule has 0 bridgehead atoms. The summed E-state index contributed by atoms with van der Waals surface area (Å²) in [6.45, 7) is 0. The lowest BCUT2D eigenvalue weighted by atomic mass is 10.1. The second-order valence-electron chi connectivity index (χ2n) is 5.08. The number of rotatable bonds is 4. The standard InChI is InChI=1S/C18H11ClN2O4/c19-14-8-6-13(11-16(14)21(23)24)10-15-18(22)25-17(20-15)9-7-12-4-2-1-3-5-12/h1-11H/b9-7+,15-10-. The summed E-state index contributed by atoms with van der Waals surface area (Å²) in [5, 5.41) is 10.9. The number of ether oxygens (including phenoxy) is 1. The Labute approximate surface area is 147 Å². The zero-order chi connectivity index (χ0) is 17.8. The van der Waals surface area contributed by atoms with E-state index < -0.39 is 10.9 Å². The van der Waals surface area contributed by atoms with Crippen LogP contribution in [0.5, 0.6) is 0 Å². The third-order valence-electron chi connectivity index (χ3n) is 3.33. The second kappa shape index (κ2) is 7.11. The van der Waals surface area contributed by atoms with Gasteiger partial charge in [0.2, 0.25) is 5.90 Å². The van der Waals surface area contributed by atoms with Gasteiger partial charge in [0.1, 0.15) is 5.02 Å². The average Bonchev–Trinajstić information content (AvgIpc) is 2.95. The van der Waals surface area contributed by atoms with Crippen molar-refractivity contribution in [2.24, 2.45) is 4.99 Å². The van der Waals surface area contributed by atoms with E-state index in [1.807, 2.05) is 30.3 Å². The molecular weight excluding hydrogens is 344 g/mol. The Morgan fingerprint density at radius 2 is 1.84 bits per heavy atom. The Hall–Kier alpha value is -3.25. The van der Waals surface area contributed by atoms with Crippen LogP contribution in [0.15, 0.2) is 65.3 Å². The third-order valence-corrected chi connectivity index (χ3v) is 3.64. The molecule has 1 heterocycles. The summed E-state index contributed by atoms with van der Waals surface area (Å²) in [7, 11) is 0. The number of esters is 1. The van der Waals surface area contributed by atoms with Gasteiger partial charge in [-0.05, 0) is 29.3 Å². The Morgan fingerprint density at radius 1 is 1.08 bits per heavy atom. The molecule has 0 amide bonds. The third kappa shape index (κ3) is 3.99. The molecule has 0 N–H and O–H groups in total. The predicted octanol–water partition coefficient (Wildman–Crippen LogP) is 4.26. The molecule has 0 saturated carbocycles. The van der Waals surface area contributed by atoms with Gasteiger partial charge in [-0.1, -0.05) is 48.0 Å². The van der Waals surface area contributed by atoms with Crippen LogP contribution in [0.1, 0.15) is 11.1 Å². The second-order valence-corrected chi connectivity index (χ2v) is 5.49. The monoisotopic (exact) mass is 354 g/mol. The summed E-state index contributed by atoms with van der Waals surface area (Å²) in [6.07, 6.45) is 4.76. The molecule has 25 heavy (non-hydrogen) atoms. The van der Waals surface area contributed by atoms with E-state index >= 15 is 0 Å². The largest absolute Gasteiger partial charge is 0.403 e. The first-order chi connectivity index (χ1) is 12.0. The summed E-state index contributed by atoms with van der Waals surface area (Å²) < 4.78 is 5.07. The van der Waals surface area contributed by atoms with Crippen molar-refractivity contribution < 1.29 is 14.5 Å². The van der Waals surface area contributed by atoms with Gasteiger partial charge in [-0.15, -0.1) is 0 Å². The fourth-order valence-electron chi connectivity index (χ4n) is 2.15. The summed E-state index contributed by atoms with van der Waals surface area (Å²) in [6, 6.07) is 13.7. The molecule has 0 unspecified atom stereocenters. The molecule has 0 fully saturated rings. The highest BCUT2D eigenvalue weighted by molar-refractivity contribution is 6.32. The van der Waals surface area contributed by atoms with Crippen molar-refractivity contribution in [3.63, 3.8) is 0 Å². The Kier molecular flexibility index (Phi) is 4.72. The molecule has 2 aromatic carbocycles. The number of hydrogen-bond acceptors (Lipinski definition) is 5. The van der Waals surface area contributed by atoms with Crippen LogP contribution in [-0.4, -0.2) is 16.8 Å². The lowest BCUT2D eigenvalue weighted by Gasteiger charge is -1.97. The number of hydrogen-bond donors (Lipinski definition) is 0. The Morgan fingerprint density at radius 3 is 2.56 bits per heavy atom. The van der Waals surface area contributed by atoms with Gasteiger partial charge in [0.05, 0.1) is 4.92 Å². The molecule has 2 aromatic rings. The molecule has 0 spiro atoms. The molecule has 0 atom stereocenters. The lowest BCUT2D eigenvalue weighted by Crippen LogP contribution is -2.01. The zero-order valence-corrected chi connectivity index (χ0v) is 13.5. The molecule has 124 valence electrons. The van der Waals surface area contributed by atoms with Crippen molar-refractivity contribution in [2.45, 2.75) is 0 Å². The number of carbonyl (C=O) groups excluding carboxylic acids is 1. The predicted molar refractivity (Wildman–Crippen MR) is 95.1 cm³/mol. The molecule has 0 aromatic heterocycles. The van der Waals surface area contributed by atoms with E-state index in [0.29, 0.717) is 5.56 Å². The van der Waals surface area contributed by atoms with Gasteiger partial charge < -0.3 is 4.74 Å². The molecular formula is C18H11ClN2O4. The number of cyclic esters (lactones) is 1. The van der Waals surface area contributed by atoms with E-state index in [4.69, 9.17) is 16.3 Å². The number of carbonyl (C=O) groups is 1. The van der Waals surface area contributed by atoms with Gasteiger partial charge in [-0.25, -0.2) is 9.79 Å². The van der Waals surface area contributed by atoms with Crippen molar-refractivity contribution in [1.29, 1.82) is 0 Å². The van der Waals surface area contributed by atoms with Crippen LogP contribution < -0.4 is 0 Å². The maximum Gasteiger partial charge on any atom is 0.363 e. The molecule has 1 aliphatic heterocycles. The molecule has 7 heteroatoms. The quantitative estimate of drug-likeness (QED) is 0.355. The lowest BCUT2D eigenvalue weighted by molar-refractivity contribution is -0.384. The summed E-state index contributed by atoms with van der Waals surface area (Å²) in [5.74, 6) is -0.464. The first-order valence-corrected chi connectivity index (χ1v) is 7.60. The highest BCUT2D eigenvalue weighted by Gasteiger charge is 2.21. The number of nitrogens with zero attached hydrogens (tertiary/aromatic N) is 2. The number of aliphatic imine (C=N–C) groups is 1. The van der Waals surface area contributed by atoms with Crippen molar-refractivity contribution in [1.82, 2.24) is 0 Å². The SMILES string of the molecule is O=C1OC(/C=C/c2ccccc2)=NC/1=C\c1ccc(Cl)c([N+](=O)[O-])c1. The van der Waals surface area contributed by atoms with Gasteiger partial charge in [0.15, 0.2) is 5.70 Å². The van der Waals surface area contributed by atoms with Crippen LogP contribution in [0.4, 0.5) is 5.69 Å². The van der Waals surface area contributed by atoms with Crippen molar-refractivity contribution in [3.05, 3.63) is 86.6 Å². The van der Waals surface area contributed by atoms with Crippen LogP contribution in [-0.2, 0) is 9.53 Å². The van der Waals surface area contributed by atoms with Gasteiger partial charge >= 0.3 is 5.97 Å². The Bertz CT molecular complexity index is 933. The van der Waals surface area contributed by atoms with Gasteiger partial charge in [0.25, 0.3) is 5.69 Å². The van der Waals surface area contributed by atoms with E-state index in [0.717, 1.165) is 5.56 Å². The van der Waals surface area contributed by atoms with Crippen LogP contribution in [0.3, 0.4) is 0 Å². The number of benzene rings is 2. The molecule has 3 rings (SSSR count). The van der Waals surface area contributed by atoms with E-state index in [-0.39, 0.29) is 22.3 Å². The van der Waals surface area contributed by atoms with Crippen LogP contribution in [0.25, 0.3) is 12.2 Å². The van der Waals surface area contributed by atoms with Gasteiger partial charge in [-0.3, -0.25) is 10.1 Å². The summed E-state index contributed by atoms with van der Waals surface area (Å²) in [5.41, 5.74) is 1.19. The summed E-state index contributed by atoms with van der Waals surface area (Å²) >= 11 is 5.77. The zero-order valence-electron chi connectivity index (χ0n) is 12.8. The van der Waals surface area contributed by atoms with E-state index in [1.165, 1.54) is 18.2 Å². The average molecular weight is 355 g/mol. The van der Waals surface area contributed by atoms with Crippen LogP contribution >= 0.6 is 11.6 Å². The highest BCUT2D eigenvalue weighted by Crippen LogP contribution is 2.27. The van der Waals surface area contributed by atoms with Gasteiger partial charge in [0, 0.05) is 12.1 Å². The van der Waals surface area contributed by atoms with Crippen molar-refractivity contribution in [2.75, 3.05) is 0 Å². The molecule has 1 aliphatic rings. The number of halogens is 1. The number of nitro benzene ring substituents is 1. The topological polar surface area (TPSA) is 81.8 Å². The molecule has 0 saturated heterocycles. The fourth-order valence-corrected chi connectivity index (χ4v) is 2.33. The Balaban J connectivity index is 1.85. The minimum atomic E-state index is -0.620. The summed E-state index contributed by atoms with van der Waals surface area (Å²) in [4.78, 5) is 26.3. The van der Waals surface area contributed by atoms with Gasteiger partial charge in [-0.2, -0.15) is 0 Å². The first kappa shape index (κ1) is 16.6. The molecule has 0 aliphatic carbocycles. The van der Waals surface area contributed by atoms with Crippen LogP contribution in [0, 0.1) is 10.1 Å². The van der Waals surface area contributed by atoms with E-state index in [1.54, 1.807) is 18.2 Å². The first-order valence-electron chi connectivity index (χ1n) is 7.22. The maximum absolute atomic E-state index is 11.9. The van der Waals surface area contributed by atoms with Crippen molar-refractivity contribution in [3.8, 4) is 0 Å². The molecule has 0 radical (unpaired) electrons.